The van der Waals surface area contributed by atoms with E-state index in [1.807, 2.05) is 0 Å². The number of carboxylic acid groups (broad SMARTS) is 1. The fourth-order valence-electron chi connectivity index (χ4n) is 1.97. The van der Waals surface area contributed by atoms with Crippen molar-refractivity contribution in [1.82, 2.24) is 0 Å². The molecule has 0 bridgehead atoms. The van der Waals surface area contributed by atoms with Crippen molar-refractivity contribution in [2.75, 3.05) is 0 Å². The van der Waals surface area contributed by atoms with Gasteiger partial charge in [-0.05, 0) is 31.2 Å². The van der Waals surface area contributed by atoms with Gasteiger partial charge >= 0.3 is 5.97 Å². The highest BCUT2D eigenvalue weighted by molar-refractivity contribution is 6.08. The summed E-state index contributed by atoms with van der Waals surface area (Å²) >= 11 is 0. The Kier molecular flexibility index (Phi) is 5.25. The van der Waals surface area contributed by atoms with E-state index >= 15 is 0 Å². The topological polar surface area (TPSA) is 63.6 Å². The molecule has 2 aromatic carbocycles. The van der Waals surface area contributed by atoms with Crippen LogP contribution in [0.1, 0.15) is 21.5 Å². The number of rotatable bonds is 6. The molecule has 0 fully saturated rings. The zero-order valence-electron chi connectivity index (χ0n) is 12.5. The Morgan fingerprint density at radius 1 is 1.17 bits per heavy atom. The fourth-order valence-corrected chi connectivity index (χ4v) is 1.97. The van der Waals surface area contributed by atoms with E-state index in [9.17, 15) is 14.0 Å². The second kappa shape index (κ2) is 7.35. The molecule has 0 aliphatic heterocycles. The van der Waals surface area contributed by atoms with E-state index in [0.29, 0.717) is 5.56 Å². The van der Waals surface area contributed by atoms with Crippen LogP contribution in [0.15, 0.2) is 54.6 Å². The van der Waals surface area contributed by atoms with Crippen molar-refractivity contribution in [2.45, 2.75) is 13.5 Å². The Balaban J connectivity index is 2.23. The highest BCUT2D eigenvalue weighted by atomic mass is 19.1. The normalized spacial score (nSPS) is 10.7. The van der Waals surface area contributed by atoms with E-state index in [1.165, 1.54) is 6.07 Å². The molecule has 118 valence electrons. The fraction of sp³-hybridized carbons (Fsp3) is 0.111. The molecule has 0 saturated carbocycles. The van der Waals surface area contributed by atoms with Crippen LogP contribution < -0.4 is 4.74 Å². The lowest BCUT2D eigenvalue weighted by molar-refractivity contribution is -0.131. The molecule has 4 nitrogen and oxygen atoms in total. The predicted octanol–water partition coefficient (Wildman–Crippen LogP) is 3.54. The van der Waals surface area contributed by atoms with Gasteiger partial charge in [0.05, 0.1) is 5.56 Å². The first-order valence-corrected chi connectivity index (χ1v) is 6.89. The van der Waals surface area contributed by atoms with Gasteiger partial charge in [0.15, 0.2) is 5.78 Å². The van der Waals surface area contributed by atoms with E-state index in [1.54, 1.807) is 43.3 Å². The van der Waals surface area contributed by atoms with Crippen LogP contribution in [0.3, 0.4) is 0 Å². The molecule has 0 spiro atoms. The summed E-state index contributed by atoms with van der Waals surface area (Å²) in [6.07, 6.45) is 1.73. The maximum Gasteiger partial charge on any atom is 0.328 e. The summed E-state index contributed by atoms with van der Waals surface area (Å²) in [4.78, 5) is 22.6. The molecule has 0 heterocycles. The second-order valence-corrected chi connectivity index (χ2v) is 4.92. The average molecular weight is 314 g/mol. The van der Waals surface area contributed by atoms with Gasteiger partial charge in [-0.15, -0.1) is 0 Å². The Bertz CT molecular complexity index is 765. The van der Waals surface area contributed by atoms with Crippen LogP contribution in [0.5, 0.6) is 5.75 Å². The minimum Gasteiger partial charge on any atom is -0.488 e. The molecule has 5 heteroatoms. The number of carbonyl (C=O) groups excluding carboxylic acids is 1. The number of carbonyl (C=O) groups is 2. The predicted molar refractivity (Wildman–Crippen MR) is 83.0 cm³/mol. The molecular formula is C18H15FO4. The van der Waals surface area contributed by atoms with Crippen LogP contribution in [-0.4, -0.2) is 16.9 Å². The van der Waals surface area contributed by atoms with E-state index in [0.717, 1.165) is 17.7 Å². The summed E-state index contributed by atoms with van der Waals surface area (Å²) in [7, 11) is 0. The van der Waals surface area contributed by atoms with Gasteiger partial charge in [0.25, 0.3) is 0 Å². The molecule has 0 radical (unpaired) electrons. The van der Waals surface area contributed by atoms with Crippen molar-refractivity contribution in [2.24, 2.45) is 0 Å². The number of carboxylic acids is 1. The monoisotopic (exact) mass is 314 g/mol. The van der Waals surface area contributed by atoms with Gasteiger partial charge in [0.2, 0.25) is 0 Å². The molecular weight excluding hydrogens is 299 g/mol. The highest BCUT2D eigenvalue weighted by Crippen LogP contribution is 2.23. The molecule has 0 amide bonds. The quantitative estimate of drug-likeness (QED) is 0.654. The van der Waals surface area contributed by atoms with Crippen molar-refractivity contribution >= 4 is 11.8 Å². The molecule has 0 aromatic heterocycles. The Hall–Kier alpha value is -2.95. The number of hydrogen-bond donors (Lipinski definition) is 1. The van der Waals surface area contributed by atoms with Crippen LogP contribution in [-0.2, 0) is 11.4 Å². The lowest BCUT2D eigenvalue weighted by Crippen LogP contribution is -2.04. The summed E-state index contributed by atoms with van der Waals surface area (Å²) in [5.41, 5.74) is 1.43. The number of ketones is 1. The van der Waals surface area contributed by atoms with Crippen LogP contribution in [0.25, 0.3) is 0 Å². The number of ether oxygens (including phenoxy) is 1. The number of halogens is 1. The van der Waals surface area contributed by atoms with Crippen molar-refractivity contribution < 1.29 is 23.8 Å². The Labute approximate surface area is 132 Å². The SMILES string of the molecule is Cc1ccc(OCc2ccccc2F)c(C(=O)/C=C/C(=O)O)c1. The van der Waals surface area contributed by atoms with E-state index in [4.69, 9.17) is 9.84 Å². The number of allylic oxidation sites excluding steroid dienone is 1. The van der Waals surface area contributed by atoms with Gasteiger partial charge in [-0.25, -0.2) is 9.18 Å². The minimum absolute atomic E-state index is 0.0291. The molecule has 23 heavy (non-hydrogen) atoms. The van der Waals surface area contributed by atoms with Gasteiger partial charge in [-0.1, -0.05) is 29.8 Å². The number of aryl methyl sites for hydroxylation is 1. The van der Waals surface area contributed by atoms with E-state index in [-0.39, 0.29) is 17.9 Å². The van der Waals surface area contributed by atoms with E-state index in [2.05, 4.69) is 0 Å². The highest BCUT2D eigenvalue weighted by Gasteiger charge is 2.12. The number of hydrogen-bond acceptors (Lipinski definition) is 3. The first kappa shape index (κ1) is 16.4. The standard InChI is InChI=1S/C18H15FO4/c1-12-6-8-17(14(10-12)16(20)7-9-18(21)22)23-11-13-4-2-3-5-15(13)19/h2-10H,11H2,1H3,(H,21,22)/b9-7+. The third kappa shape index (κ3) is 4.51. The minimum atomic E-state index is -1.21. The van der Waals surface area contributed by atoms with Gasteiger partial charge in [-0.2, -0.15) is 0 Å². The van der Waals surface area contributed by atoms with Gasteiger partial charge in [0, 0.05) is 11.6 Å². The van der Waals surface area contributed by atoms with Gasteiger partial charge < -0.3 is 9.84 Å². The maximum atomic E-state index is 13.6. The molecule has 0 aliphatic rings. The van der Waals surface area contributed by atoms with Crippen molar-refractivity contribution in [3.8, 4) is 5.75 Å². The largest absolute Gasteiger partial charge is 0.488 e. The summed E-state index contributed by atoms with van der Waals surface area (Å²) in [6, 6.07) is 11.2. The molecule has 0 aliphatic carbocycles. The zero-order chi connectivity index (χ0) is 16.8. The molecule has 0 saturated heterocycles. The average Bonchev–Trinajstić information content (AvgIpc) is 2.52. The van der Waals surface area contributed by atoms with Crippen molar-refractivity contribution in [3.05, 3.63) is 77.1 Å². The Morgan fingerprint density at radius 2 is 1.91 bits per heavy atom. The third-order valence-electron chi connectivity index (χ3n) is 3.12. The van der Waals surface area contributed by atoms with Crippen LogP contribution in [0, 0.1) is 12.7 Å². The first-order valence-electron chi connectivity index (χ1n) is 6.89. The van der Waals surface area contributed by atoms with Gasteiger partial charge in [0.1, 0.15) is 18.2 Å². The molecule has 0 atom stereocenters. The smallest absolute Gasteiger partial charge is 0.328 e. The number of aliphatic carboxylic acids is 1. The zero-order valence-corrected chi connectivity index (χ0v) is 12.5. The van der Waals surface area contributed by atoms with Crippen LogP contribution in [0.2, 0.25) is 0 Å². The lowest BCUT2D eigenvalue weighted by atomic mass is 10.1. The van der Waals surface area contributed by atoms with Crippen LogP contribution in [0.4, 0.5) is 4.39 Å². The summed E-state index contributed by atoms with van der Waals surface area (Å²) < 4.78 is 19.1. The second-order valence-electron chi connectivity index (χ2n) is 4.92. The number of benzene rings is 2. The lowest BCUT2D eigenvalue weighted by Gasteiger charge is -2.11. The van der Waals surface area contributed by atoms with Gasteiger partial charge in [-0.3, -0.25) is 4.79 Å². The van der Waals surface area contributed by atoms with Crippen molar-refractivity contribution in [3.63, 3.8) is 0 Å². The molecule has 2 rings (SSSR count). The summed E-state index contributed by atoms with van der Waals surface area (Å²) in [5.74, 6) is -1.81. The molecule has 2 aromatic rings. The van der Waals surface area contributed by atoms with Crippen molar-refractivity contribution in [1.29, 1.82) is 0 Å². The van der Waals surface area contributed by atoms with Crippen LogP contribution >= 0.6 is 0 Å². The first-order chi connectivity index (χ1) is 11.0. The molecule has 1 N–H and O–H groups in total. The Morgan fingerprint density at radius 3 is 2.61 bits per heavy atom. The molecule has 0 unspecified atom stereocenters. The maximum absolute atomic E-state index is 13.6. The van der Waals surface area contributed by atoms with E-state index < -0.39 is 17.6 Å². The summed E-state index contributed by atoms with van der Waals surface area (Å²) in [6.45, 7) is 1.77. The summed E-state index contributed by atoms with van der Waals surface area (Å²) in [5, 5.41) is 8.60. The third-order valence-corrected chi connectivity index (χ3v) is 3.12.